The number of aryl methyl sites for hydroxylation is 1. The number of amides is 1. The number of carbonyl (C=O) groups is 1. The Morgan fingerprint density at radius 2 is 0.566 bits per heavy atom. The lowest BCUT2D eigenvalue weighted by molar-refractivity contribution is -0.497. The molecule has 4 nitrogen and oxygen atoms in total. The quantitative estimate of drug-likeness (QED) is 0.0603. The van der Waals surface area contributed by atoms with Crippen molar-refractivity contribution in [2.24, 2.45) is 4.99 Å². The van der Waals surface area contributed by atoms with Gasteiger partial charge in [-0.15, -0.1) is 0 Å². The molecule has 0 radical (unpaired) electrons. The van der Waals surface area contributed by atoms with Crippen LogP contribution in [0.1, 0.15) is 29.3 Å². The number of rotatable bonds is 25. The Kier molecular flexibility index (Phi) is 18.3. The summed E-state index contributed by atoms with van der Waals surface area (Å²) >= 11 is 0. The summed E-state index contributed by atoms with van der Waals surface area (Å²) in [5.41, 5.74) is -1.66. The van der Waals surface area contributed by atoms with E-state index in [0.717, 1.165) is 24.4 Å². The molecule has 83 heavy (non-hydrogen) atoms. The number of alkyl halides is 45. The molecule has 0 aliphatic heterocycles. The predicted molar refractivity (Wildman–Crippen MR) is 170 cm³/mol. The van der Waals surface area contributed by atoms with Crippen LogP contribution < -0.4 is 5.32 Å². The van der Waals surface area contributed by atoms with Crippen LogP contribution in [0.5, 0.6) is 0 Å². The van der Waals surface area contributed by atoms with Gasteiger partial charge in [-0.25, -0.2) is 4.79 Å². The van der Waals surface area contributed by atoms with Gasteiger partial charge in [-0.2, -0.15) is 203 Å². The van der Waals surface area contributed by atoms with E-state index in [1.54, 1.807) is 0 Å². The van der Waals surface area contributed by atoms with Gasteiger partial charge < -0.3 is 5.32 Å². The van der Waals surface area contributed by atoms with E-state index in [2.05, 4.69) is 4.99 Å². The zero-order chi connectivity index (χ0) is 67.8. The maximum Gasteiger partial charge on any atom is 0.460 e. The van der Waals surface area contributed by atoms with Gasteiger partial charge in [0.15, 0.2) is 0 Å². The number of benzene rings is 1. The molecule has 0 saturated carbocycles. The lowest BCUT2D eigenvalue weighted by Gasteiger charge is -2.47. The molecule has 1 aromatic carbocycles. The van der Waals surface area contributed by atoms with Crippen LogP contribution in [-0.4, -0.2) is 149 Å². The predicted octanol–water partition coefficient (Wildman–Crippen LogP) is 16.4. The van der Waals surface area contributed by atoms with Gasteiger partial charge in [-0.1, -0.05) is 0 Å². The Labute approximate surface area is 422 Å². The summed E-state index contributed by atoms with van der Waals surface area (Å²) in [6.07, 6.45) is -11.2. The van der Waals surface area contributed by atoms with Crippen molar-refractivity contribution in [3.05, 3.63) is 29.3 Å². The van der Waals surface area contributed by atoms with Crippen molar-refractivity contribution in [1.82, 2.24) is 5.32 Å². The first-order chi connectivity index (χ1) is 35.5. The first-order valence-corrected chi connectivity index (χ1v) is 19.0. The van der Waals surface area contributed by atoms with E-state index in [0.29, 0.717) is 12.1 Å². The van der Waals surface area contributed by atoms with Gasteiger partial charge in [0.25, 0.3) is 5.91 Å². The summed E-state index contributed by atoms with van der Waals surface area (Å²) in [5.74, 6) is -215. The van der Waals surface area contributed by atoms with Crippen LogP contribution in [0.3, 0.4) is 0 Å². The van der Waals surface area contributed by atoms with E-state index >= 15 is 0 Å². The Bertz CT molecular complexity index is 2600. The number of halogens is 45. The van der Waals surface area contributed by atoms with E-state index < -0.39 is 160 Å². The second-order valence-electron chi connectivity index (χ2n) is 16.5. The third kappa shape index (κ3) is 9.61. The van der Waals surface area contributed by atoms with Gasteiger partial charge in [0.05, 0.1) is 5.69 Å². The molecule has 0 aliphatic rings. The summed E-state index contributed by atoms with van der Waals surface area (Å²) in [7, 11) is 0. The molecular formula is C34H13F45N2O2. The first kappa shape index (κ1) is 75.9. The minimum atomic E-state index is -10.8. The SMILES string of the molecule is Cc1cc(N=C=O)cc(C(=O)NC(C)CC(F)(F)C(F)(F)C(F)(F)C(F)(F)C(F)(F)C(F)(F)C(F)(F)C(F)(F)C(F)(F)C(F)(F)C(F)(F)C(F)(F)C(F)(F)C(F)(F)C(F)(F)C(F)(F)C(F)(F)C(F)(F)C(F)(F)C(F)(F)C(F)(F)C(F)(F)F)c1. The molecule has 486 valence electrons. The zero-order valence-electron chi connectivity index (χ0n) is 37.3. The standard InChI is InChI=1S/C34H13F45N2O2/c1-8-3-10(5-11(4-8)80-7-82)12(83)81-9(2)6-13(35,36)14(37,38)15(39,40)16(41,42)17(43,44)18(45,46)19(47,48)20(49,50)21(51,52)22(53,54)23(55,56)24(57,58)25(59,60)26(61,62)27(63,64)28(65,66)29(67,68)30(69,70)31(71,72)32(73,74)33(75,76)34(77,78)79/h3-5,9H,6H2,1-2H3,(H,81,83). The van der Waals surface area contributed by atoms with Crippen LogP contribution in [0.2, 0.25) is 0 Å². The van der Waals surface area contributed by atoms with Gasteiger partial charge >= 0.3 is 131 Å². The highest BCUT2D eigenvalue weighted by Gasteiger charge is 3.04. The van der Waals surface area contributed by atoms with Gasteiger partial charge in [0.2, 0.25) is 6.08 Å². The second kappa shape index (κ2) is 20.0. The molecule has 0 aromatic heterocycles. The minimum absolute atomic E-state index is 0.0859. The van der Waals surface area contributed by atoms with Gasteiger partial charge in [0.1, 0.15) is 0 Å². The van der Waals surface area contributed by atoms with Crippen LogP contribution in [0, 0.1) is 6.92 Å². The van der Waals surface area contributed by atoms with Crippen LogP contribution in [0.25, 0.3) is 0 Å². The summed E-state index contributed by atoms with van der Waals surface area (Å²) in [4.78, 5) is 25.7. The minimum Gasteiger partial charge on any atom is -0.349 e. The van der Waals surface area contributed by atoms with Crippen molar-refractivity contribution < 1.29 is 207 Å². The lowest BCUT2D eigenvalue weighted by atomic mass is 9.81. The molecule has 1 N–H and O–H groups in total. The number of nitrogens with zero attached hydrogens (tertiary/aromatic N) is 1. The largest absolute Gasteiger partial charge is 0.460 e. The molecule has 1 aromatic rings. The molecule has 1 atom stereocenters. The van der Waals surface area contributed by atoms with Crippen LogP contribution in [-0.2, 0) is 4.79 Å². The highest BCUT2D eigenvalue weighted by Crippen LogP contribution is 2.72. The first-order valence-electron chi connectivity index (χ1n) is 19.0. The zero-order valence-corrected chi connectivity index (χ0v) is 37.3. The summed E-state index contributed by atoms with van der Waals surface area (Å²) < 4.78 is 630. The van der Waals surface area contributed by atoms with Crippen molar-refractivity contribution in [2.45, 2.75) is 157 Å². The number of isocyanates is 1. The highest BCUT2D eigenvalue weighted by atomic mass is 19.4. The Morgan fingerprint density at radius 1 is 0.361 bits per heavy atom. The summed E-state index contributed by atoms with van der Waals surface area (Å²) in [5, 5.41) is 1.11. The maximum atomic E-state index is 14.6. The monoisotopic (exact) mass is 1340 g/mol. The van der Waals surface area contributed by atoms with Crippen LogP contribution in [0.15, 0.2) is 23.2 Å². The average Bonchev–Trinajstić information content (AvgIpc) is 3.26. The van der Waals surface area contributed by atoms with Gasteiger partial charge in [0, 0.05) is 18.0 Å². The number of hydrogen-bond acceptors (Lipinski definition) is 3. The van der Waals surface area contributed by atoms with E-state index in [9.17, 15) is 207 Å². The molecule has 1 unspecified atom stereocenters. The van der Waals surface area contributed by atoms with E-state index in [4.69, 9.17) is 0 Å². The molecule has 0 spiro atoms. The van der Waals surface area contributed by atoms with Crippen molar-refractivity contribution in [2.75, 3.05) is 0 Å². The molecule has 1 rings (SSSR count). The van der Waals surface area contributed by atoms with Crippen molar-refractivity contribution >= 4 is 17.7 Å². The van der Waals surface area contributed by atoms with Crippen molar-refractivity contribution in [3.8, 4) is 0 Å². The maximum absolute atomic E-state index is 14.6. The molecule has 0 bridgehead atoms. The Hall–Kier alpha value is -5.08. The van der Waals surface area contributed by atoms with Crippen molar-refractivity contribution in [3.63, 3.8) is 0 Å². The second-order valence-corrected chi connectivity index (χ2v) is 16.5. The summed E-state index contributed by atoms with van der Waals surface area (Å²) in [6, 6.07) is -1.01. The smallest absolute Gasteiger partial charge is 0.349 e. The fourth-order valence-electron chi connectivity index (χ4n) is 5.84. The highest BCUT2D eigenvalue weighted by molar-refractivity contribution is 5.95. The van der Waals surface area contributed by atoms with E-state index in [1.165, 1.54) is 0 Å². The molecule has 0 heterocycles. The van der Waals surface area contributed by atoms with Crippen LogP contribution in [0.4, 0.5) is 203 Å². The normalized spacial score (nSPS) is 16.7. The molecular weight excluding hydrogens is 1320 g/mol. The molecule has 0 fully saturated rings. The number of nitrogens with one attached hydrogen (secondary N) is 1. The Morgan fingerprint density at radius 3 is 0.771 bits per heavy atom. The third-order valence-electron chi connectivity index (χ3n) is 10.7. The lowest BCUT2D eigenvalue weighted by Crippen LogP contribution is -2.81. The third-order valence-corrected chi connectivity index (χ3v) is 10.7. The molecule has 0 saturated heterocycles. The molecule has 49 heteroatoms. The average molecular weight is 1340 g/mol. The van der Waals surface area contributed by atoms with E-state index in [-0.39, 0.29) is 12.5 Å². The number of aliphatic imine (C=N–C) groups is 1. The fourth-order valence-corrected chi connectivity index (χ4v) is 5.84. The van der Waals surface area contributed by atoms with Crippen molar-refractivity contribution in [1.29, 1.82) is 0 Å². The number of carbonyl (C=O) groups excluding carboxylic acids is 2. The number of hydrogen-bond donors (Lipinski definition) is 1. The topological polar surface area (TPSA) is 58.5 Å². The van der Waals surface area contributed by atoms with Crippen LogP contribution >= 0.6 is 0 Å². The fraction of sp³-hybridized carbons (Fsp3) is 0.765. The van der Waals surface area contributed by atoms with E-state index in [1.807, 2.05) is 0 Å². The summed E-state index contributed by atoms with van der Waals surface area (Å²) in [6.45, 7) is 0.941. The molecule has 0 aliphatic carbocycles. The molecule has 1 amide bonds. The van der Waals surface area contributed by atoms with Gasteiger partial charge in [-0.05, 0) is 37.6 Å². The van der Waals surface area contributed by atoms with Gasteiger partial charge in [-0.3, -0.25) is 4.79 Å². The Balaban J connectivity index is 4.07.